The Morgan fingerprint density at radius 1 is 1.50 bits per heavy atom. The molecule has 1 aromatic rings. The monoisotopic (exact) mass is 271 g/mol. The van der Waals surface area contributed by atoms with Crippen LogP contribution in [-0.4, -0.2) is 29.8 Å². The summed E-state index contributed by atoms with van der Waals surface area (Å²) in [5, 5.41) is 12.5. The summed E-state index contributed by atoms with van der Waals surface area (Å²) in [5.74, 6) is 0.185. The van der Waals surface area contributed by atoms with Gasteiger partial charge in [0.05, 0.1) is 10.6 Å². The van der Waals surface area contributed by atoms with Crippen LogP contribution >= 0.6 is 11.6 Å². The molecule has 0 heterocycles. The fraction of sp³-hybridized carbons (Fsp3) is 0.462. The van der Waals surface area contributed by atoms with Crippen LogP contribution in [0.4, 0.5) is 0 Å². The molecular weight excluding hydrogens is 254 g/mol. The highest BCUT2D eigenvalue weighted by atomic mass is 35.5. The lowest BCUT2D eigenvalue weighted by atomic mass is 10.1. The molecule has 0 atom stereocenters. The van der Waals surface area contributed by atoms with Crippen LogP contribution in [0.3, 0.4) is 0 Å². The summed E-state index contributed by atoms with van der Waals surface area (Å²) in [6.45, 7) is 5.20. The number of ether oxygens (including phenoxy) is 1. The van der Waals surface area contributed by atoms with Gasteiger partial charge in [0.2, 0.25) is 0 Å². The first-order valence-corrected chi connectivity index (χ1v) is 6.04. The first-order chi connectivity index (χ1) is 8.28. The molecule has 0 radical (unpaired) electrons. The maximum absolute atomic E-state index is 11.5. The van der Waals surface area contributed by atoms with Gasteiger partial charge in [-0.15, -0.1) is 0 Å². The van der Waals surface area contributed by atoms with E-state index in [0.29, 0.717) is 10.8 Å². The third-order valence-corrected chi connectivity index (χ3v) is 2.48. The quantitative estimate of drug-likeness (QED) is 0.860. The Hall–Kier alpha value is -1.26. The molecule has 100 valence electrons. The number of hydrogen-bond donors (Lipinski definition) is 2. The van der Waals surface area contributed by atoms with Crippen LogP contribution in [0.2, 0.25) is 5.02 Å². The van der Waals surface area contributed by atoms with Gasteiger partial charge in [0, 0.05) is 6.54 Å². The molecule has 0 aromatic heterocycles. The van der Waals surface area contributed by atoms with E-state index < -0.39 is 5.60 Å². The van der Waals surface area contributed by atoms with Gasteiger partial charge in [-0.3, -0.25) is 4.79 Å². The van der Waals surface area contributed by atoms with E-state index in [4.69, 9.17) is 16.3 Å². The van der Waals surface area contributed by atoms with E-state index >= 15 is 0 Å². The highest BCUT2D eigenvalue weighted by Crippen LogP contribution is 2.24. The molecule has 1 rings (SSSR count). The van der Waals surface area contributed by atoms with E-state index in [1.54, 1.807) is 26.0 Å². The Labute approximate surface area is 112 Å². The van der Waals surface area contributed by atoms with Crippen molar-refractivity contribution in [1.29, 1.82) is 0 Å². The lowest BCUT2D eigenvalue weighted by molar-refractivity contribution is -0.124. The van der Waals surface area contributed by atoms with Crippen LogP contribution in [0.25, 0.3) is 0 Å². The summed E-state index contributed by atoms with van der Waals surface area (Å²) >= 11 is 5.93. The Morgan fingerprint density at radius 2 is 2.17 bits per heavy atom. The molecule has 5 heteroatoms. The van der Waals surface area contributed by atoms with Crippen molar-refractivity contribution >= 4 is 17.5 Å². The second-order valence-electron chi connectivity index (χ2n) is 4.81. The SMILES string of the molecule is Cc1ccc(Cl)c(OCC(=O)NCC(C)(C)O)c1. The van der Waals surface area contributed by atoms with E-state index in [1.165, 1.54) is 0 Å². The minimum absolute atomic E-state index is 0.126. The van der Waals surface area contributed by atoms with Gasteiger partial charge in [0.1, 0.15) is 5.75 Å². The summed E-state index contributed by atoms with van der Waals surface area (Å²) in [6, 6.07) is 5.36. The number of nitrogens with one attached hydrogen (secondary N) is 1. The van der Waals surface area contributed by atoms with Crippen LogP contribution in [0.15, 0.2) is 18.2 Å². The topological polar surface area (TPSA) is 58.6 Å². The second kappa shape index (κ2) is 6.07. The van der Waals surface area contributed by atoms with E-state index in [9.17, 15) is 9.90 Å². The molecule has 0 aliphatic heterocycles. The number of halogens is 1. The minimum Gasteiger partial charge on any atom is -0.482 e. The van der Waals surface area contributed by atoms with Gasteiger partial charge in [-0.2, -0.15) is 0 Å². The van der Waals surface area contributed by atoms with E-state index in [1.807, 2.05) is 13.0 Å². The number of rotatable bonds is 5. The third kappa shape index (κ3) is 5.38. The predicted molar refractivity (Wildman–Crippen MR) is 71.0 cm³/mol. The zero-order chi connectivity index (χ0) is 13.8. The van der Waals surface area contributed by atoms with Gasteiger partial charge in [-0.1, -0.05) is 17.7 Å². The van der Waals surface area contributed by atoms with Crippen molar-refractivity contribution in [1.82, 2.24) is 5.32 Å². The van der Waals surface area contributed by atoms with Crippen molar-refractivity contribution < 1.29 is 14.6 Å². The molecule has 1 amide bonds. The molecule has 0 aliphatic carbocycles. The number of carbonyl (C=O) groups excluding carboxylic acids is 1. The minimum atomic E-state index is -0.934. The van der Waals surface area contributed by atoms with Gasteiger partial charge >= 0.3 is 0 Å². The molecule has 0 unspecified atom stereocenters. The molecule has 18 heavy (non-hydrogen) atoms. The van der Waals surface area contributed by atoms with E-state index in [0.717, 1.165) is 5.56 Å². The molecule has 0 fully saturated rings. The highest BCUT2D eigenvalue weighted by molar-refractivity contribution is 6.32. The number of hydrogen-bond acceptors (Lipinski definition) is 3. The highest BCUT2D eigenvalue weighted by Gasteiger charge is 2.14. The average molecular weight is 272 g/mol. The van der Waals surface area contributed by atoms with Crippen molar-refractivity contribution in [3.8, 4) is 5.75 Å². The van der Waals surface area contributed by atoms with Crippen molar-refractivity contribution in [3.63, 3.8) is 0 Å². The number of aryl methyl sites for hydroxylation is 1. The fourth-order valence-electron chi connectivity index (χ4n) is 1.23. The smallest absolute Gasteiger partial charge is 0.258 e. The largest absolute Gasteiger partial charge is 0.482 e. The Morgan fingerprint density at radius 3 is 2.78 bits per heavy atom. The van der Waals surface area contributed by atoms with Crippen molar-refractivity contribution in [2.24, 2.45) is 0 Å². The maximum atomic E-state index is 11.5. The van der Waals surface area contributed by atoms with Gasteiger partial charge in [0.15, 0.2) is 6.61 Å². The van der Waals surface area contributed by atoms with Crippen molar-refractivity contribution in [2.75, 3.05) is 13.2 Å². The molecule has 0 bridgehead atoms. The standard InChI is InChI=1S/C13H18ClNO3/c1-9-4-5-10(14)11(6-9)18-7-12(16)15-8-13(2,3)17/h4-6,17H,7-8H2,1-3H3,(H,15,16). The van der Waals surface area contributed by atoms with Crippen LogP contribution < -0.4 is 10.1 Å². The van der Waals surface area contributed by atoms with Crippen LogP contribution in [0.5, 0.6) is 5.75 Å². The summed E-state index contributed by atoms with van der Waals surface area (Å²) in [5.41, 5.74) is 0.0719. The molecule has 4 nitrogen and oxygen atoms in total. The summed E-state index contributed by atoms with van der Waals surface area (Å²) < 4.78 is 5.32. The van der Waals surface area contributed by atoms with E-state index in [2.05, 4.69) is 5.32 Å². The molecule has 2 N–H and O–H groups in total. The molecule has 0 aliphatic rings. The average Bonchev–Trinajstić information content (AvgIpc) is 2.26. The van der Waals surface area contributed by atoms with Gasteiger partial charge < -0.3 is 15.2 Å². The lowest BCUT2D eigenvalue weighted by Crippen LogP contribution is -2.40. The van der Waals surface area contributed by atoms with Gasteiger partial charge in [0.25, 0.3) is 5.91 Å². The van der Waals surface area contributed by atoms with E-state index in [-0.39, 0.29) is 19.1 Å². The number of carbonyl (C=O) groups is 1. The van der Waals surface area contributed by atoms with Crippen molar-refractivity contribution in [2.45, 2.75) is 26.4 Å². The molecule has 1 aromatic carbocycles. The predicted octanol–water partition coefficient (Wildman–Crippen LogP) is 1.91. The van der Waals surface area contributed by atoms with Crippen molar-refractivity contribution in [3.05, 3.63) is 28.8 Å². The second-order valence-corrected chi connectivity index (χ2v) is 5.22. The fourth-order valence-corrected chi connectivity index (χ4v) is 1.40. The maximum Gasteiger partial charge on any atom is 0.258 e. The summed E-state index contributed by atoms with van der Waals surface area (Å²) in [4.78, 5) is 11.5. The molecular formula is C13H18ClNO3. The Bertz CT molecular complexity index is 427. The van der Waals surface area contributed by atoms with Crippen LogP contribution in [0, 0.1) is 6.92 Å². The molecule has 0 spiro atoms. The zero-order valence-corrected chi connectivity index (χ0v) is 11.5. The number of aliphatic hydroxyl groups is 1. The molecule has 0 saturated carbocycles. The van der Waals surface area contributed by atoms with Gasteiger partial charge in [-0.05, 0) is 38.5 Å². The number of amides is 1. The Kier molecular flexibility index (Phi) is 4.99. The summed E-state index contributed by atoms with van der Waals surface area (Å²) in [7, 11) is 0. The van der Waals surface area contributed by atoms with Crippen LogP contribution in [0.1, 0.15) is 19.4 Å². The normalized spacial score (nSPS) is 11.2. The first kappa shape index (κ1) is 14.8. The summed E-state index contributed by atoms with van der Waals surface area (Å²) in [6.07, 6.45) is 0. The lowest BCUT2D eigenvalue weighted by Gasteiger charge is -2.17. The molecule has 0 saturated heterocycles. The third-order valence-electron chi connectivity index (χ3n) is 2.16. The number of benzene rings is 1. The van der Waals surface area contributed by atoms with Gasteiger partial charge in [-0.25, -0.2) is 0 Å². The Balaban J connectivity index is 2.45. The first-order valence-electron chi connectivity index (χ1n) is 5.66. The van der Waals surface area contributed by atoms with Crippen LogP contribution in [-0.2, 0) is 4.79 Å². The zero-order valence-electron chi connectivity index (χ0n) is 10.8.